The summed E-state index contributed by atoms with van der Waals surface area (Å²) in [6.07, 6.45) is 0. The van der Waals surface area contributed by atoms with Gasteiger partial charge in [0.1, 0.15) is 5.75 Å². The van der Waals surface area contributed by atoms with Crippen LogP contribution in [0.2, 0.25) is 0 Å². The number of nitrogens with zero attached hydrogens (tertiary/aromatic N) is 1. The van der Waals surface area contributed by atoms with Gasteiger partial charge in [0.05, 0.1) is 7.11 Å². The highest BCUT2D eigenvalue weighted by atomic mass is 16.5. The number of rotatable bonds is 2. The normalized spacial score (nSPS) is 11.1. The number of methoxy groups -OCH3 is 1. The fourth-order valence-electron chi connectivity index (χ4n) is 3.18. The average Bonchev–Trinajstić information content (AvgIpc) is 2.72. The zero-order chi connectivity index (χ0) is 15.1. The topological polar surface area (TPSA) is 14.2 Å². The van der Waals surface area contributed by atoms with E-state index in [0.29, 0.717) is 0 Å². The Morgan fingerprint density at radius 2 is 1.62 bits per heavy atom. The number of aromatic nitrogens is 1. The van der Waals surface area contributed by atoms with Crippen molar-refractivity contribution in [3.8, 4) is 16.9 Å². The van der Waals surface area contributed by atoms with Crippen LogP contribution < -0.4 is 4.74 Å². The van der Waals surface area contributed by atoms with Crippen LogP contribution in [-0.2, 0) is 7.05 Å². The van der Waals surface area contributed by atoms with E-state index >= 15 is 0 Å². The Morgan fingerprint density at radius 1 is 0.952 bits per heavy atom. The van der Waals surface area contributed by atoms with Crippen LogP contribution in [0.15, 0.2) is 36.4 Å². The Kier molecular flexibility index (Phi) is 3.25. The molecular formula is C19H21NO. The average molecular weight is 279 g/mol. The first-order valence-electron chi connectivity index (χ1n) is 7.23. The molecule has 2 heteroatoms. The highest BCUT2D eigenvalue weighted by Gasteiger charge is 2.15. The minimum absolute atomic E-state index is 0.893. The van der Waals surface area contributed by atoms with Crippen LogP contribution in [0.5, 0.6) is 5.75 Å². The number of hydrogen-bond acceptors (Lipinski definition) is 1. The minimum Gasteiger partial charge on any atom is -0.497 e. The van der Waals surface area contributed by atoms with Gasteiger partial charge in [0.2, 0.25) is 0 Å². The van der Waals surface area contributed by atoms with Gasteiger partial charge < -0.3 is 9.30 Å². The molecule has 0 bridgehead atoms. The van der Waals surface area contributed by atoms with Crippen LogP contribution >= 0.6 is 0 Å². The quantitative estimate of drug-likeness (QED) is 0.658. The van der Waals surface area contributed by atoms with Crippen molar-refractivity contribution in [2.24, 2.45) is 7.05 Å². The lowest BCUT2D eigenvalue weighted by Crippen LogP contribution is -1.91. The summed E-state index contributed by atoms with van der Waals surface area (Å²) in [4.78, 5) is 0. The van der Waals surface area contributed by atoms with Crippen LogP contribution in [0, 0.1) is 20.8 Å². The number of ether oxygens (including phenoxy) is 1. The van der Waals surface area contributed by atoms with Gasteiger partial charge in [0.15, 0.2) is 0 Å². The van der Waals surface area contributed by atoms with E-state index in [2.05, 4.69) is 56.7 Å². The summed E-state index contributed by atoms with van der Waals surface area (Å²) in [5, 5.41) is 1.35. The second-order valence-electron chi connectivity index (χ2n) is 5.72. The Labute approximate surface area is 126 Å². The van der Waals surface area contributed by atoms with E-state index in [4.69, 9.17) is 4.74 Å². The van der Waals surface area contributed by atoms with E-state index in [1.807, 2.05) is 12.1 Å². The van der Waals surface area contributed by atoms with Gasteiger partial charge in [-0.1, -0.05) is 18.2 Å². The van der Waals surface area contributed by atoms with E-state index in [-0.39, 0.29) is 0 Å². The van der Waals surface area contributed by atoms with Crippen LogP contribution in [0.1, 0.15) is 16.8 Å². The van der Waals surface area contributed by atoms with Crippen molar-refractivity contribution in [2.75, 3.05) is 7.11 Å². The second kappa shape index (κ2) is 4.96. The van der Waals surface area contributed by atoms with Crippen molar-refractivity contribution in [3.63, 3.8) is 0 Å². The van der Waals surface area contributed by atoms with Gasteiger partial charge in [-0.25, -0.2) is 0 Å². The highest BCUT2D eigenvalue weighted by molar-refractivity contribution is 6.00. The molecule has 2 nitrogen and oxygen atoms in total. The zero-order valence-electron chi connectivity index (χ0n) is 13.3. The lowest BCUT2D eigenvalue weighted by Gasteiger charge is -2.06. The molecule has 0 aliphatic rings. The molecule has 1 heterocycles. The zero-order valence-corrected chi connectivity index (χ0v) is 13.3. The largest absolute Gasteiger partial charge is 0.497 e. The molecule has 0 N–H and O–H groups in total. The predicted octanol–water partition coefficient (Wildman–Crippen LogP) is 4.78. The molecule has 2 aromatic carbocycles. The van der Waals surface area contributed by atoms with Gasteiger partial charge in [-0.2, -0.15) is 0 Å². The maximum atomic E-state index is 5.26. The van der Waals surface area contributed by atoms with E-state index < -0.39 is 0 Å². The van der Waals surface area contributed by atoms with Gasteiger partial charge in [-0.05, 0) is 55.7 Å². The first kappa shape index (κ1) is 13.7. The number of hydrogen-bond donors (Lipinski definition) is 0. The molecule has 0 aliphatic carbocycles. The standard InChI is InChI=1S/C19H21NO/c1-12-10-13(2)18-17(11-12)20(4)14(3)19(18)15-6-8-16(21-5)9-7-15/h6-11H,1-5H3. The number of aryl methyl sites for hydroxylation is 3. The molecule has 0 aliphatic heterocycles. The Balaban J connectivity index is 2.33. The van der Waals surface area contributed by atoms with Crippen LogP contribution in [0.3, 0.4) is 0 Å². The lowest BCUT2D eigenvalue weighted by atomic mass is 9.98. The summed E-state index contributed by atoms with van der Waals surface area (Å²) in [5.74, 6) is 0.893. The maximum Gasteiger partial charge on any atom is 0.118 e. The molecule has 21 heavy (non-hydrogen) atoms. The first-order valence-corrected chi connectivity index (χ1v) is 7.23. The van der Waals surface area contributed by atoms with Crippen LogP contribution in [0.4, 0.5) is 0 Å². The molecule has 0 amide bonds. The van der Waals surface area contributed by atoms with Gasteiger partial charge in [0, 0.05) is 29.2 Å². The summed E-state index contributed by atoms with van der Waals surface area (Å²) in [6.45, 7) is 6.54. The Morgan fingerprint density at radius 3 is 2.24 bits per heavy atom. The minimum atomic E-state index is 0.893. The Bertz CT molecular complexity index is 810. The molecule has 1 aromatic heterocycles. The van der Waals surface area contributed by atoms with Crippen molar-refractivity contribution in [3.05, 3.63) is 53.2 Å². The monoisotopic (exact) mass is 279 g/mol. The van der Waals surface area contributed by atoms with E-state index in [9.17, 15) is 0 Å². The summed E-state index contributed by atoms with van der Waals surface area (Å²) in [6, 6.07) is 12.9. The van der Waals surface area contributed by atoms with Gasteiger partial charge >= 0.3 is 0 Å². The molecule has 0 radical (unpaired) electrons. The van der Waals surface area contributed by atoms with Crippen LogP contribution in [-0.4, -0.2) is 11.7 Å². The fourth-order valence-corrected chi connectivity index (χ4v) is 3.18. The van der Waals surface area contributed by atoms with Crippen LogP contribution in [0.25, 0.3) is 22.0 Å². The molecule has 3 rings (SSSR count). The van der Waals surface area contributed by atoms with Crippen molar-refractivity contribution >= 4 is 10.9 Å². The molecule has 0 fully saturated rings. The first-order chi connectivity index (χ1) is 10.0. The molecule has 0 atom stereocenters. The molecular weight excluding hydrogens is 258 g/mol. The maximum absolute atomic E-state index is 5.26. The smallest absolute Gasteiger partial charge is 0.118 e. The lowest BCUT2D eigenvalue weighted by molar-refractivity contribution is 0.415. The van der Waals surface area contributed by atoms with E-state index in [1.54, 1.807) is 7.11 Å². The third-order valence-electron chi connectivity index (χ3n) is 4.31. The summed E-state index contributed by atoms with van der Waals surface area (Å²) in [7, 11) is 3.84. The molecule has 108 valence electrons. The summed E-state index contributed by atoms with van der Waals surface area (Å²) >= 11 is 0. The van der Waals surface area contributed by atoms with Gasteiger partial charge in [-0.3, -0.25) is 0 Å². The number of fused-ring (bicyclic) bond motifs is 1. The van der Waals surface area contributed by atoms with Crippen molar-refractivity contribution in [2.45, 2.75) is 20.8 Å². The van der Waals surface area contributed by atoms with Crippen molar-refractivity contribution in [1.82, 2.24) is 4.57 Å². The van der Waals surface area contributed by atoms with Crippen molar-refractivity contribution in [1.29, 1.82) is 0 Å². The number of benzene rings is 2. The SMILES string of the molecule is COc1ccc(-c2c(C)n(C)c3cc(C)cc(C)c23)cc1. The second-order valence-corrected chi connectivity index (χ2v) is 5.72. The molecule has 0 spiro atoms. The summed E-state index contributed by atoms with van der Waals surface area (Å²) in [5.41, 5.74) is 7.81. The van der Waals surface area contributed by atoms with Gasteiger partial charge in [-0.15, -0.1) is 0 Å². The van der Waals surface area contributed by atoms with Crippen molar-refractivity contribution < 1.29 is 4.74 Å². The van der Waals surface area contributed by atoms with E-state index in [0.717, 1.165) is 5.75 Å². The predicted molar refractivity (Wildman–Crippen MR) is 89.1 cm³/mol. The molecule has 0 unspecified atom stereocenters. The van der Waals surface area contributed by atoms with E-state index in [1.165, 1.54) is 38.9 Å². The molecule has 0 saturated carbocycles. The third kappa shape index (κ3) is 2.11. The summed E-state index contributed by atoms with van der Waals surface area (Å²) < 4.78 is 7.55. The molecule has 0 saturated heterocycles. The third-order valence-corrected chi connectivity index (χ3v) is 4.31. The molecule has 3 aromatic rings. The fraction of sp³-hybridized carbons (Fsp3) is 0.263. The Hall–Kier alpha value is -2.22. The van der Waals surface area contributed by atoms with Gasteiger partial charge in [0.25, 0.3) is 0 Å². The highest BCUT2D eigenvalue weighted by Crippen LogP contribution is 2.37.